The molecule has 0 spiro atoms. The lowest BCUT2D eigenvalue weighted by Gasteiger charge is -2.39. The van der Waals surface area contributed by atoms with Crippen LogP contribution < -0.4 is 5.48 Å². The SMILES string of the molecule is CCCC[N+](CCCC)(CCCC)CCCC.CONC(=O)[C@@H]1CC[C@@H]2CN1C(=O)N2OS(=O)(=O)[O-]. The average Bonchev–Trinajstić information content (AvgIpc) is 3.07. The Kier molecular flexibility index (Phi) is 14.8. The third-order valence-electron chi connectivity index (χ3n) is 6.94. The zero-order valence-electron chi connectivity index (χ0n) is 22.9. The van der Waals surface area contributed by atoms with Gasteiger partial charge in [-0.15, -0.1) is 0 Å². The fourth-order valence-corrected chi connectivity index (χ4v) is 5.30. The van der Waals surface area contributed by atoms with Crippen molar-refractivity contribution in [3.8, 4) is 0 Å². The van der Waals surface area contributed by atoms with Gasteiger partial charge in [0.2, 0.25) is 10.4 Å². The van der Waals surface area contributed by atoms with Crippen molar-refractivity contribution in [1.29, 1.82) is 0 Å². The predicted molar refractivity (Wildman–Crippen MR) is 136 cm³/mol. The number of hydrogen-bond acceptors (Lipinski definition) is 7. The third-order valence-corrected chi connectivity index (χ3v) is 7.29. The van der Waals surface area contributed by atoms with Gasteiger partial charge >= 0.3 is 6.03 Å². The standard InChI is InChI=1S/C16H36N.C8H13N3O7S/c1-5-9-13-17(14-10-6-2,15-11-7-3)16-12-8-4;1-17-9-7(12)6-3-2-5-4-10(6)8(13)11(5)18-19(14,15)16/h5-16H2,1-4H3;5-6H,2-4H2,1H3,(H,9,12)(H,14,15,16)/q+1;/p-1/t;5-,6+/m.1/s1. The zero-order valence-corrected chi connectivity index (χ0v) is 23.7. The molecule has 2 bridgehead atoms. The molecule has 3 amide bonds. The minimum atomic E-state index is -5.02. The van der Waals surface area contributed by atoms with Gasteiger partial charge in [0.1, 0.15) is 6.04 Å². The van der Waals surface area contributed by atoms with Crippen molar-refractivity contribution in [3.63, 3.8) is 0 Å². The van der Waals surface area contributed by atoms with Gasteiger partial charge in [-0.25, -0.2) is 18.7 Å². The van der Waals surface area contributed by atoms with Gasteiger partial charge in [-0.3, -0.25) is 9.63 Å². The summed E-state index contributed by atoms with van der Waals surface area (Å²) in [6, 6.07) is -2.15. The maximum Gasteiger partial charge on any atom is 0.346 e. The van der Waals surface area contributed by atoms with E-state index in [-0.39, 0.29) is 6.54 Å². The molecule has 2 heterocycles. The molecule has 11 nitrogen and oxygen atoms in total. The van der Waals surface area contributed by atoms with E-state index in [1.807, 2.05) is 0 Å². The minimum absolute atomic E-state index is 0.121. The molecule has 2 aliphatic rings. The number of piperidine rings is 1. The molecule has 2 rings (SSSR count). The number of carbonyl (C=O) groups excluding carboxylic acids is 2. The van der Waals surface area contributed by atoms with E-state index >= 15 is 0 Å². The van der Waals surface area contributed by atoms with E-state index < -0.39 is 34.4 Å². The molecule has 0 saturated carbocycles. The van der Waals surface area contributed by atoms with Gasteiger partial charge in [-0.1, -0.05) is 53.4 Å². The lowest BCUT2D eigenvalue weighted by Crippen LogP contribution is -2.50. The van der Waals surface area contributed by atoms with E-state index in [1.165, 1.54) is 89.1 Å². The van der Waals surface area contributed by atoms with Gasteiger partial charge in [0.15, 0.2) is 0 Å². The number of fused-ring (bicyclic) bond motifs is 2. The first-order valence-corrected chi connectivity index (χ1v) is 14.8. The van der Waals surface area contributed by atoms with Gasteiger partial charge in [0.05, 0.1) is 39.3 Å². The minimum Gasteiger partial charge on any atom is -0.724 e. The van der Waals surface area contributed by atoms with Crippen LogP contribution in [0.25, 0.3) is 0 Å². The van der Waals surface area contributed by atoms with Crippen molar-refractivity contribution >= 4 is 22.3 Å². The van der Waals surface area contributed by atoms with Crippen LogP contribution in [0.3, 0.4) is 0 Å². The molecular formula is C24H48N4O7S. The molecular weight excluding hydrogens is 488 g/mol. The van der Waals surface area contributed by atoms with Crippen LogP contribution in [0.2, 0.25) is 0 Å². The number of unbranched alkanes of at least 4 members (excludes halogenated alkanes) is 4. The lowest BCUT2D eigenvalue weighted by atomic mass is 10.0. The van der Waals surface area contributed by atoms with Crippen LogP contribution in [0.15, 0.2) is 0 Å². The Balaban J connectivity index is 0.000000363. The Hall–Kier alpha value is -1.47. The monoisotopic (exact) mass is 536 g/mol. The molecule has 36 heavy (non-hydrogen) atoms. The molecule has 0 aromatic carbocycles. The van der Waals surface area contributed by atoms with Crippen LogP contribution in [0.1, 0.15) is 91.9 Å². The number of urea groups is 1. The second-order valence-corrected chi connectivity index (χ2v) is 10.8. The molecule has 2 saturated heterocycles. The van der Waals surface area contributed by atoms with E-state index in [0.717, 1.165) is 4.90 Å². The molecule has 12 heteroatoms. The first kappa shape index (κ1) is 32.6. The van der Waals surface area contributed by atoms with Crippen molar-refractivity contribution in [2.75, 3.05) is 39.8 Å². The summed E-state index contributed by atoms with van der Waals surface area (Å²) in [5, 5.41) is 0.516. The number of nitrogens with one attached hydrogen (secondary N) is 1. The highest BCUT2D eigenvalue weighted by Crippen LogP contribution is 2.30. The molecule has 1 N–H and O–H groups in total. The van der Waals surface area contributed by atoms with Crippen LogP contribution in [-0.4, -0.2) is 91.3 Å². The van der Waals surface area contributed by atoms with Gasteiger partial charge in [0.25, 0.3) is 5.91 Å². The van der Waals surface area contributed by atoms with Crippen LogP contribution in [0, 0.1) is 0 Å². The Bertz CT molecular complexity index is 728. The summed E-state index contributed by atoms with van der Waals surface area (Å²) >= 11 is 0. The largest absolute Gasteiger partial charge is 0.724 e. The fourth-order valence-electron chi connectivity index (χ4n) is 4.91. The number of quaternary nitrogens is 1. The second kappa shape index (κ2) is 16.4. The Morgan fingerprint density at radius 2 is 1.44 bits per heavy atom. The van der Waals surface area contributed by atoms with E-state index in [2.05, 4.69) is 42.3 Å². The molecule has 0 aromatic rings. The van der Waals surface area contributed by atoms with Gasteiger partial charge in [0, 0.05) is 6.54 Å². The first-order chi connectivity index (χ1) is 17.1. The van der Waals surface area contributed by atoms with Crippen molar-refractivity contribution in [3.05, 3.63) is 0 Å². The summed E-state index contributed by atoms with van der Waals surface area (Å²) in [6.45, 7) is 15.1. The van der Waals surface area contributed by atoms with Gasteiger partial charge < -0.3 is 13.9 Å². The fraction of sp³-hybridized carbons (Fsp3) is 0.917. The third kappa shape index (κ3) is 10.5. The number of hydroxylamine groups is 3. The Labute approximate surface area is 217 Å². The van der Waals surface area contributed by atoms with Gasteiger partial charge in [-0.05, 0) is 38.5 Å². The Morgan fingerprint density at radius 3 is 1.83 bits per heavy atom. The van der Waals surface area contributed by atoms with E-state index in [1.54, 1.807) is 0 Å². The quantitative estimate of drug-likeness (QED) is 0.139. The molecule has 212 valence electrons. The number of amides is 3. The number of nitrogens with zero attached hydrogens (tertiary/aromatic N) is 3. The molecule has 0 radical (unpaired) electrons. The molecule has 2 aliphatic heterocycles. The molecule has 2 atom stereocenters. The first-order valence-electron chi connectivity index (χ1n) is 13.5. The van der Waals surface area contributed by atoms with Crippen LogP contribution in [0.4, 0.5) is 4.79 Å². The lowest BCUT2D eigenvalue weighted by molar-refractivity contribution is -0.929. The maximum absolute atomic E-state index is 11.9. The summed E-state index contributed by atoms with van der Waals surface area (Å²) in [5.74, 6) is -0.513. The van der Waals surface area contributed by atoms with Crippen molar-refractivity contribution < 1.29 is 36.2 Å². The van der Waals surface area contributed by atoms with Crippen molar-refractivity contribution in [1.82, 2.24) is 15.4 Å². The summed E-state index contributed by atoms with van der Waals surface area (Å²) in [5.41, 5.74) is 2.11. The smallest absolute Gasteiger partial charge is 0.346 e. The molecule has 0 aromatic heterocycles. The molecule has 2 fully saturated rings. The maximum atomic E-state index is 11.9. The summed E-state index contributed by atoms with van der Waals surface area (Å²) < 4.78 is 37.2. The van der Waals surface area contributed by atoms with Crippen LogP contribution in [0.5, 0.6) is 0 Å². The Morgan fingerprint density at radius 1 is 0.972 bits per heavy atom. The number of carbonyl (C=O) groups is 2. The van der Waals surface area contributed by atoms with Crippen LogP contribution >= 0.6 is 0 Å². The molecule has 0 aliphatic carbocycles. The normalized spacial score (nSPS) is 19.8. The topological polar surface area (TPSA) is 128 Å². The van der Waals surface area contributed by atoms with E-state index in [9.17, 15) is 22.6 Å². The second-order valence-electron chi connectivity index (χ2n) is 9.81. The number of rotatable bonds is 16. The molecule has 0 unspecified atom stereocenters. The summed E-state index contributed by atoms with van der Waals surface area (Å²) in [6.07, 6.45) is 11.7. The average molecular weight is 537 g/mol. The van der Waals surface area contributed by atoms with Crippen LogP contribution in [-0.2, 0) is 24.3 Å². The summed E-state index contributed by atoms with van der Waals surface area (Å²) in [4.78, 5) is 29.2. The zero-order chi connectivity index (χ0) is 27.2. The van der Waals surface area contributed by atoms with Crippen molar-refractivity contribution in [2.24, 2.45) is 0 Å². The predicted octanol–water partition coefficient (Wildman–Crippen LogP) is 3.33. The van der Waals surface area contributed by atoms with Crippen molar-refractivity contribution in [2.45, 2.75) is 104 Å². The highest BCUT2D eigenvalue weighted by Gasteiger charge is 2.48. The highest BCUT2D eigenvalue weighted by atomic mass is 32.3. The van der Waals surface area contributed by atoms with Gasteiger partial charge in [-0.2, -0.15) is 9.35 Å². The van der Waals surface area contributed by atoms with E-state index in [0.29, 0.717) is 17.9 Å². The number of hydrogen-bond donors (Lipinski definition) is 1. The summed E-state index contributed by atoms with van der Waals surface area (Å²) in [7, 11) is -3.77. The highest BCUT2D eigenvalue weighted by molar-refractivity contribution is 7.80. The van der Waals surface area contributed by atoms with E-state index in [4.69, 9.17) is 0 Å².